The first kappa shape index (κ1) is 6.67. The zero-order valence-electron chi connectivity index (χ0n) is 5.74. The van der Waals surface area contributed by atoms with Gasteiger partial charge in [-0.05, 0) is 11.4 Å². The zero-order chi connectivity index (χ0) is 7.68. The van der Waals surface area contributed by atoms with E-state index in [-0.39, 0.29) is 12.2 Å². The summed E-state index contributed by atoms with van der Waals surface area (Å²) in [6.45, 7) is 0.597. The molecule has 58 valence electrons. The van der Waals surface area contributed by atoms with Crippen LogP contribution in [0, 0.1) is 0 Å². The summed E-state index contributed by atoms with van der Waals surface area (Å²) in [6, 6.07) is 3.92. The van der Waals surface area contributed by atoms with E-state index in [1.165, 1.54) is 0 Å². The highest BCUT2D eigenvalue weighted by Gasteiger charge is 2.24. The SMILES string of the molecule is O=C1NC[C@H](c2cccs2)O1. The molecule has 1 aliphatic rings. The summed E-state index contributed by atoms with van der Waals surface area (Å²) in [6.07, 6.45) is -0.383. The summed E-state index contributed by atoms with van der Waals surface area (Å²) >= 11 is 1.60. The van der Waals surface area contributed by atoms with E-state index in [4.69, 9.17) is 4.74 Å². The third kappa shape index (κ3) is 1.21. The molecule has 0 spiro atoms. The standard InChI is InChI=1S/C7H7NO2S/c9-7-8-4-5(10-7)6-2-1-3-11-6/h1-3,5H,4H2,(H,8,9)/t5-/m1/s1. The summed E-state index contributed by atoms with van der Waals surface area (Å²) in [5.74, 6) is 0. The molecule has 1 N–H and O–H groups in total. The van der Waals surface area contributed by atoms with Crippen molar-refractivity contribution in [2.24, 2.45) is 0 Å². The number of carbonyl (C=O) groups is 1. The Morgan fingerprint density at radius 1 is 1.73 bits per heavy atom. The van der Waals surface area contributed by atoms with Crippen molar-refractivity contribution >= 4 is 17.4 Å². The van der Waals surface area contributed by atoms with Crippen molar-refractivity contribution in [3.05, 3.63) is 22.4 Å². The minimum atomic E-state index is -0.316. The number of hydrogen-bond acceptors (Lipinski definition) is 3. The van der Waals surface area contributed by atoms with Crippen molar-refractivity contribution in [1.82, 2.24) is 5.32 Å². The number of amides is 1. The molecular formula is C7H7NO2S. The Bertz CT molecular complexity index is 257. The van der Waals surface area contributed by atoms with Crippen LogP contribution in [0.2, 0.25) is 0 Å². The first-order valence-electron chi connectivity index (χ1n) is 3.34. The molecule has 2 rings (SSSR count). The highest BCUT2D eigenvalue weighted by molar-refractivity contribution is 7.10. The molecule has 3 nitrogen and oxygen atoms in total. The molecule has 0 unspecified atom stereocenters. The van der Waals surface area contributed by atoms with Crippen LogP contribution in [0.15, 0.2) is 17.5 Å². The van der Waals surface area contributed by atoms with Crippen molar-refractivity contribution in [3.63, 3.8) is 0 Å². The van der Waals surface area contributed by atoms with Gasteiger partial charge in [0.25, 0.3) is 0 Å². The Labute approximate surface area is 68.0 Å². The Balaban J connectivity index is 2.13. The first-order chi connectivity index (χ1) is 5.36. The fourth-order valence-electron chi connectivity index (χ4n) is 1.02. The molecule has 1 aliphatic heterocycles. The minimum absolute atomic E-state index is 0.0671. The van der Waals surface area contributed by atoms with Crippen LogP contribution in [0.1, 0.15) is 11.0 Å². The molecule has 2 heterocycles. The second-order valence-corrected chi connectivity index (χ2v) is 3.27. The van der Waals surface area contributed by atoms with Crippen molar-refractivity contribution in [2.45, 2.75) is 6.10 Å². The normalized spacial score (nSPS) is 22.9. The molecular weight excluding hydrogens is 162 g/mol. The second-order valence-electron chi connectivity index (χ2n) is 2.29. The first-order valence-corrected chi connectivity index (χ1v) is 4.22. The van der Waals surface area contributed by atoms with Gasteiger partial charge < -0.3 is 10.1 Å². The molecule has 4 heteroatoms. The van der Waals surface area contributed by atoms with Gasteiger partial charge in [0.2, 0.25) is 0 Å². The lowest BCUT2D eigenvalue weighted by molar-refractivity contribution is 0.142. The van der Waals surface area contributed by atoms with Crippen LogP contribution in [-0.2, 0) is 4.74 Å². The van der Waals surface area contributed by atoms with Crippen molar-refractivity contribution in [3.8, 4) is 0 Å². The van der Waals surface area contributed by atoms with Gasteiger partial charge in [0.1, 0.15) is 0 Å². The predicted octanol–water partition coefficient (Wildman–Crippen LogP) is 1.53. The lowest BCUT2D eigenvalue weighted by Gasteiger charge is -2.02. The van der Waals surface area contributed by atoms with Crippen LogP contribution in [0.25, 0.3) is 0 Å². The van der Waals surface area contributed by atoms with Crippen LogP contribution in [0.5, 0.6) is 0 Å². The fraction of sp³-hybridized carbons (Fsp3) is 0.286. The summed E-state index contributed by atoms with van der Waals surface area (Å²) in [5.41, 5.74) is 0. The van der Waals surface area contributed by atoms with E-state index in [2.05, 4.69) is 5.32 Å². The van der Waals surface area contributed by atoms with Gasteiger partial charge in [-0.15, -0.1) is 11.3 Å². The van der Waals surface area contributed by atoms with Crippen LogP contribution < -0.4 is 5.32 Å². The van der Waals surface area contributed by atoms with E-state index < -0.39 is 0 Å². The van der Waals surface area contributed by atoms with Crippen LogP contribution in [0.3, 0.4) is 0 Å². The lowest BCUT2D eigenvalue weighted by atomic mass is 10.3. The molecule has 0 aliphatic carbocycles. The van der Waals surface area contributed by atoms with Crippen LogP contribution >= 0.6 is 11.3 Å². The number of ether oxygens (including phenoxy) is 1. The summed E-state index contributed by atoms with van der Waals surface area (Å²) < 4.78 is 4.97. The van der Waals surface area contributed by atoms with Gasteiger partial charge >= 0.3 is 6.09 Å². The summed E-state index contributed by atoms with van der Waals surface area (Å²) in [5, 5.41) is 4.58. The molecule has 1 saturated heterocycles. The summed E-state index contributed by atoms with van der Waals surface area (Å²) in [4.78, 5) is 11.7. The van der Waals surface area contributed by atoms with E-state index >= 15 is 0 Å². The number of carbonyl (C=O) groups excluding carboxylic acids is 1. The summed E-state index contributed by atoms with van der Waals surface area (Å²) in [7, 11) is 0. The van der Waals surface area contributed by atoms with Gasteiger partial charge in [-0.2, -0.15) is 0 Å². The Kier molecular flexibility index (Phi) is 1.54. The third-order valence-electron chi connectivity index (χ3n) is 1.54. The van der Waals surface area contributed by atoms with Crippen LogP contribution in [-0.4, -0.2) is 12.6 Å². The Hall–Kier alpha value is -1.03. The van der Waals surface area contributed by atoms with E-state index in [1.54, 1.807) is 11.3 Å². The molecule has 1 atom stereocenters. The van der Waals surface area contributed by atoms with Gasteiger partial charge in [0.05, 0.1) is 6.54 Å². The maximum absolute atomic E-state index is 10.6. The number of hydrogen-bond donors (Lipinski definition) is 1. The van der Waals surface area contributed by atoms with Crippen molar-refractivity contribution < 1.29 is 9.53 Å². The number of thiophene rings is 1. The van der Waals surface area contributed by atoms with Gasteiger partial charge in [0, 0.05) is 4.88 Å². The molecule has 0 radical (unpaired) electrons. The highest BCUT2D eigenvalue weighted by Crippen LogP contribution is 2.24. The average Bonchev–Trinajstić information content (AvgIpc) is 2.55. The maximum Gasteiger partial charge on any atom is 0.407 e. The largest absolute Gasteiger partial charge is 0.439 e. The molecule has 1 fully saturated rings. The lowest BCUT2D eigenvalue weighted by Crippen LogP contribution is -2.12. The Morgan fingerprint density at radius 3 is 3.18 bits per heavy atom. The molecule has 0 saturated carbocycles. The second kappa shape index (κ2) is 2.54. The molecule has 1 amide bonds. The topological polar surface area (TPSA) is 38.3 Å². The predicted molar refractivity (Wildman–Crippen MR) is 41.5 cm³/mol. The molecule has 0 bridgehead atoms. The molecule has 1 aromatic rings. The van der Waals surface area contributed by atoms with Gasteiger partial charge in [-0.3, -0.25) is 0 Å². The van der Waals surface area contributed by atoms with Crippen molar-refractivity contribution in [2.75, 3.05) is 6.54 Å². The van der Waals surface area contributed by atoms with Gasteiger partial charge in [0.15, 0.2) is 6.10 Å². The molecule has 1 aromatic heterocycles. The monoisotopic (exact) mass is 169 g/mol. The fourth-order valence-corrected chi connectivity index (χ4v) is 1.78. The minimum Gasteiger partial charge on any atom is -0.439 e. The average molecular weight is 169 g/mol. The van der Waals surface area contributed by atoms with Gasteiger partial charge in [-0.1, -0.05) is 6.07 Å². The molecule has 11 heavy (non-hydrogen) atoms. The third-order valence-corrected chi connectivity index (χ3v) is 2.51. The number of alkyl carbamates (subject to hydrolysis) is 1. The highest BCUT2D eigenvalue weighted by atomic mass is 32.1. The van der Waals surface area contributed by atoms with Crippen molar-refractivity contribution in [1.29, 1.82) is 0 Å². The smallest absolute Gasteiger partial charge is 0.407 e. The van der Waals surface area contributed by atoms with E-state index in [0.29, 0.717) is 6.54 Å². The van der Waals surface area contributed by atoms with Gasteiger partial charge in [-0.25, -0.2) is 4.79 Å². The Morgan fingerprint density at radius 2 is 2.64 bits per heavy atom. The molecule has 0 aromatic carbocycles. The number of cyclic esters (lactones) is 1. The van der Waals surface area contributed by atoms with E-state index in [9.17, 15) is 4.79 Å². The van der Waals surface area contributed by atoms with E-state index in [1.807, 2.05) is 17.5 Å². The number of nitrogens with one attached hydrogen (secondary N) is 1. The quantitative estimate of drug-likeness (QED) is 0.692. The zero-order valence-corrected chi connectivity index (χ0v) is 6.56. The maximum atomic E-state index is 10.6. The number of rotatable bonds is 1. The van der Waals surface area contributed by atoms with E-state index in [0.717, 1.165) is 4.88 Å². The van der Waals surface area contributed by atoms with Crippen LogP contribution in [0.4, 0.5) is 4.79 Å².